The number of ether oxygens (including phenoxy) is 1. The molecule has 1 aromatic carbocycles. The number of aliphatic carboxylic acids is 1. The Morgan fingerprint density at radius 2 is 2.26 bits per heavy atom. The number of carboxylic acid groups (broad SMARTS) is 1. The Hall–Kier alpha value is -2.04. The van der Waals surface area contributed by atoms with Crippen LogP contribution in [0.4, 0.5) is 0 Å². The van der Waals surface area contributed by atoms with Gasteiger partial charge in [0.2, 0.25) is 0 Å². The van der Waals surface area contributed by atoms with Crippen molar-refractivity contribution in [1.82, 2.24) is 9.97 Å². The minimum Gasteiger partial charge on any atom is -0.494 e. The lowest BCUT2D eigenvalue weighted by Gasteiger charge is -2.05. The number of nitrogens with one attached hydrogen (secondary N) is 1. The van der Waals surface area contributed by atoms with Gasteiger partial charge in [-0.2, -0.15) is 0 Å². The van der Waals surface area contributed by atoms with E-state index in [4.69, 9.17) is 9.84 Å². The van der Waals surface area contributed by atoms with Crippen LogP contribution in [0.2, 0.25) is 0 Å². The molecule has 0 radical (unpaired) electrons. The highest BCUT2D eigenvalue weighted by Gasteiger charge is 2.03. The minimum atomic E-state index is -0.758. The molecule has 0 unspecified atom stereocenters. The number of carboxylic acids is 1. The van der Waals surface area contributed by atoms with Gasteiger partial charge in [0, 0.05) is 18.9 Å². The molecule has 5 heteroatoms. The number of hydrogen-bond donors (Lipinski definition) is 2. The Morgan fingerprint density at radius 1 is 1.42 bits per heavy atom. The lowest BCUT2D eigenvalue weighted by Crippen LogP contribution is -2.00. The van der Waals surface area contributed by atoms with Gasteiger partial charge < -0.3 is 14.8 Å². The second-order valence-corrected chi connectivity index (χ2v) is 4.42. The summed E-state index contributed by atoms with van der Waals surface area (Å²) in [6.45, 7) is 2.59. The highest BCUT2D eigenvalue weighted by Crippen LogP contribution is 2.19. The smallest absolute Gasteiger partial charge is 0.303 e. The van der Waals surface area contributed by atoms with E-state index in [0.29, 0.717) is 13.0 Å². The zero-order valence-corrected chi connectivity index (χ0v) is 11.0. The largest absolute Gasteiger partial charge is 0.494 e. The lowest BCUT2D eigenvalue weighted by atomic mass is 10.2. The summed E-state index contributed by atoms with van der Waals surface area (Å²) in [5, 5.41) is 8.52. The fraction of sp³-hybridized carbons (Fsp3) is 0.429. The van der Waals surface area contributed by atoms with E-state index >= 15 is 0 Å². The number of H-pyrrole nitrogens is 1. The molecule has 1 aromatic heterocycles. The van der Waals surface area contributed by atoms with Crippen LogP contribution in [-0.4, -0.2) is 27.7 Å². The maximum Gasteiger partial charge on any atom is 0.303 e. The second-order valence-electron chi connectivity index (χ2n) is 4.42. The van der Waals surface area contributed by atoms with Crippen molar-refractivity contribution in [2.45, 2.75) is 32.6 Å². The molecule has 0 bridgehead atoms. The maximum atomic E-state index is 10.4. The average molecular weight is 262 g/mol. The van der Waals surface area contributed by atoms with Crippen molar-refractivity contribution >= 4 is 17.0 Å². The molecule has 19 heavy (non-hydrogen) atoms. The first-order chi connectivity index (χ1) is 9.19. The van der Waals surface area contributed by atoms with E-state index in [0.717, 1.165) is 35.4 Å². The van der Waals surface area contributed by atoms with Crippen LogP contribution in [0.15, 0.2) is 18.2 Å². The number of aryl methyl sites for hydroxylation is 1. The van der Waals surface area contributed by atoms with Crippen LogP contribution in [0.25, 0.3) is 11.0 Å². The maximum absolute atomic E-state index is 10.4. The second kappa shape index (κ2) is 6.22. The standard InChI is InChI=1S/C14H18N2O3/c1-2-13-15-11-7-6-10(9-12(11)16-13)19-8-4-3-5-14(17)18/h6-7,9H,2-5,8H2,1H3,(H,15,16)(H,17,18). The summed E-state index contributed by atoms with van der Waals surface area (Å²) in [5.74, 6) is 0.994. The molecule has 2 aromatic rings. The summed E-state index contributed by atoms with van der Waals surface area (Å²) in [6, 6.07) is 5.75. The van der Waals surface area contributed by atoms with E-state index in [1.807, 2.05) is 18.2 Å². The van der Waals surface area contributed by atoms with Gasteiger partial charge in [-0.3, -0.25) is 4.79 Å². The molecular weight excluding hydrogens is 244 g/mol. The highest BCUT2D eigenvalue weighted by molar-refractivity contribution is 5.76. The molecule has 0 aliphatic rings. The van der Waals surface area contributed by atoms with Crippen molar-refractivity contribution in [3.63, 3.8) is 0 Å². The number of benzene rings is 1. The number of hydrogen-bond acceptors (Lipinski definition) is 3. The predicted molar refractivity (Wildman–Crippen MR) is 72.5 cm³/mol. The monoisotopic (exact) mass is 262 g/mol. The minimum absolute atomic E-state index is 0.197. The van der Waals surface area contributed by atoms with Crippen LogP contribution in [-0.2, 0) is 11.2 Å². The lowest BCUT2D eigenvalue weighted by molar-refractivity contribution is -0.137. The summed E-state index contributed by atoms with van der Waals surface area (Å²) in [4.78, 5) is 18.0. The third-order valence-electron chi connectivity index (χ3n) is 2.89. The molecule has 0 aliphatic carbocycles. The molecule has 0 spiro atoms. The predicted octanol–water partition coefficient (Wildman–Crippen LogP) is 2.76. The van der Waals surface area contributed by atoms with Crippen molar-refractivity contribution in [1.29, 1.82) is 0 Å². The molecule has 0 saturated heterocycles. The summed E-state index contributed by atoms with van der Waals surface area (Å²) >= 11 is 0. The van der Waals surface area contributed by atoms with Crippen LogP contribution >= 0.6 is 0 Å². The number of unbranched alkanes of at least 4 members (excludes halogenated alkanes) is 1. The Morgan fingerprint density at radius 3 is 3.00 bits per heavy atom. The fourth-order valence-electron chi connectivity index (χ4n) is 1.87. The molecular formula is C14H18N2O3. The number of aromatic amines is 1. The van der Waals surface area contributed by atoms with E-state index in [-0.39, 0.29) is 6.42 Å². The van der Waals surface area contributed by atoms with Crippen molar-refractivity contribution in [2.24, 2.45) is 0 Å². The van der Waals surface area contributed by atoms with Crippen LogP contribution in [0, 0.1) is 0 Å². The van der Waals surface area contributed by atoms with Crippen LogP contribution < -0.4 is 4.74 Å². The molecule has 5 nitrogen and oxygen atoms in total. The van der Waals surface area contributed by atoms with Gasteiger partial charge in [0.05, 0.1) is 17.6 Å². The van der Waals surface area contributed by atoms with Crippen LogP contribution in [0.3, 0.4) is 0 Å². The van der Waals surface area contributed by atoms with Gasteiger partial charge in [-0.1, -0.05) is 6.92 Å². The number of nitrogens with zero attached hydrogens (tertiary/aromatic N) is 1. The first-order valence-electron chi connectivity index (χ1n) is 6.52. The zero-order valence-electron chi connectivity index (χ0n) is 11.0. The first kappa shape index (κ1) is 13.4. The van der Waals surface area contributed by atoms with Gasteiger partial charge in [0.15, 0.2) is 0 Å². The average Bonchev–Trinajstić information content (AvgIpc) is 2.80. The normalized spacial score (nSPS) is 10.8. The van der Waals surface area contributed by atoms with E-state index in [2.05, 4.69) is 16.9 Å². The van der Waals surface area contributed by atoms with Crippen LogP contribution in [0.1, 0.15) is 32.0 Å². The molecule has 102 valence electrons. The molecule has 1 heterocycles. The molecule has 2 N–H and O–H groups in total. The number of fused-ring (bicyclic) bond motifs is 1. The SMILES string of the molecule is CCc1nc2ccc(OCCCCC(=O)O)cc2[nH]1. The number of carbonyl (C=O) groups is 1. The third-order valence-corrected chi connectivity index (χ3v) is 2.89. The van der Waals surface area contributed by atoms with Gasteiger partial charge >= 0.3 is 5.97 Å². The van der Waals surface area contributed by atoms with Crippen molar-refractivity contribution < 1.29 is 14.6 Å². The quantitative estimate of drug-likeness (QED) is 0.752. The molecule has 0 atom stereocenters. The van der Waals surface area contributed by atoms with E-state index in [1.54, 1.807) is 0 Å². The summed E-state index contributed by atoms with van der Waals surface area (Å²) in [7, 11) is 0. The first-order valence-corrected chi connectivity index (χ1v) is 6.52. The zero-order chi connectivity index (χ0) is 13.7. The van der Waals surface area contributed by atoms with E-state index in [9.17, 15) is 4.79 Å². The third kappa shape index (κ3) is 3.71. The van der Waals surface area contributed by atoms with Gasteiger partial charge in [-0.15, -0.1) is 0 Å². The topological polar surface area (TPSA) is 75.2 Å². The Balaban J connectivity index is 1.88. The van der Waals surface area contributed by atoms with Gasteiger partial charge in [-0.05, 0) is 25.0 Å². The Kier molecular flexibility index (Phi) is 4.39. The van der Waals surface area contributed by atoms with Crippen molar-refractivity contribution in [3.05, 3.63) is 24.0 Å². The molecule has 0 amide bonds. The highest BCUT2D eigenvalue weighted by atomic mass is 16.5. The van der Waals surface area contributed by atoms with Crippen molar-refractivity contribution in [3.8, 4) is 5.75 Å². The van der Waals surface area contributed by atoms with Gasteiger partial charge in [0.25, 0.3) is 0 Å². The number of aromatic nitrogens is 2. The number of rotatable bonds is 7. The fourth-order valence-corrected chi connectivity index (χ4v) is 1.87. The molecule has 0 saturated carbocycles. The molecule has 0 fully saturated rings. The van der Waals surface area contributed by atoms with E-state index < -0.39 is 5.97 Å². The Labute approximate surface area is 111 Å². The van der Waals surface area contributed by atoms with Gasteiger partial charge in [0.1, 0.15) is 11.6 Å². The van der Waals surface area contributed by atoms with Crippen molar-refractivity contribution in [2.75, 3.05) is 6.61 Å². The van der Waals surface area contributed by atoms with Crippen LogP contribution in [0.5, 0.6) is 5.75 Å². The Bertz CT molecular complexity index is 563. The number of imidazole rings is 1. The summed E-state index contributed by atoms with van der Waals surface area (Å²) < 4.78 is 5.60. The summed E-state index contributed by atoms with van der Waals surface area (Å²) in [5.41, 5.74) is 1.91. The van der Waals surface area contributed by atoms with E-state index in [1.165, 1.54) is 0 Å². The summed E-state index contributed by atoms with van der Waals surface area (Å²) in [6.07, 6.45) is 2.46. The van der Waals surface area contributed by atoms with Gasteiger partial charge in [-0.25, -0.2) is 4.98 Å². The molecule has 2 rings (SSSR count). The molecule has 0 aliphatic heterocycles.